The number of benzene rings is 1. The number of imide groups is 1. The van der Waals surface area contributed by atoms with Crippen molar-refractivity contribution in [3.8, 4) is 0 Å². The van der Waals surface area contributed by atoms with Crippen LogP contribution in [0.2, 0.25) is 0 Å². The number of carbonyl (C=O) groups excluding carboxylic acids is 2. The zero-order valence-electron chi connectivity index (χ0n) is 22.0. The summed E-state index contributed by atoms with van der Waals surface area (Å²) in [7, 11) is 0. The molecular weight excluding hydrogens is 398 g/mol. The van der Waals surface area contributed by atoms with Crippen LogP contribution in [0.3, 0.4) is 0 Å². The molecule has 1 aromatic rings. The van der Waals surface area contributed by atoms with Gasteiger partial charge in [0.1, 0.15) is 0 Å². The quantitative estimate of drug-likeness (QED) is 0.325. The Kier molecular flexibility index (Phi) is 7.71. The van der Waals surface area contributed by atoms with E-state index in [-0.39, 0.29) is 22.6 Å². The van der Waals surface area contributed by atoms with Crippen molar-refractivity contribution in [1.82, 2.24) is 0 Å². The highest BCUT2D eigenvalue weighted by Gasteiger charge is 2.62. The first-order valence-electron chi connectivity index (χ1n) is 12.1. The van der Waals surface area contributed by atoms with Crippen LogP contribution in [0.4, 0.5) is 5.69 Å². The minimum atomic E-state index is -0.558. The normalized spacial score (nSPS) is 22.4. The van der Waals surface area contributed by atoms with Gasteiger partial charge in [0.2, 0.25) is 11.8 Å². The van der Waals surface area contributed by atoms with Crippen molar-refractivity contribution in [2.24, 2.45) is 28.1 Å². The average molecular weight is 444 g/mol. The molecule has 0 bridgehead atoms. The van der Waals surface area contributed by atoms with Gasteiger partial charge in [0.05, 0.1) is 23.1 Å². The Balaban J connectivity index is 2.61. The summed E-state index contributed by atoms with van der Waals surface area (Å²) in [5.41, 5.74) is -0.802. The molecule has 2 amide bonds. The number of carbonyl (C=O) groups is 2. The highest BCUT2D eigenvalue weighted by atomic mass is 16.5. The van der Waals surface area contributed by atoms with Gasteiger partial charge < -0.3 is 4.74 Å². The van der Waals surface area contributed by atoms with Crippen LogP contribution in [0.25, 0.3) is 0 Å². The molecular formula is C28H45NO3. The SMILES string of the molecule is CCCCOC(C)(CC(C)(C)C)C(C)(C)C1C(=O)N(c2ccccc2)C(=O)C1C(C)(C)C. The largest absolute Gasteiger partial charge is 0.375 e. The predicted molar refractivity (Wildman–Crippen MR) is 132 cm³/mol. The Morgan fingerprint density at radius 1 is 0.844 bits per heavy atom. The number of anilines is 1. The van der Waals surface area contributed by atoms with Crippen molar-refractivity contribution >= 4 is 17.5 Å². The van der Waals surface area contributed by atoms with E-state index in [4.69, 9.17) is 4.74 Å². The molecule has 0 aromatic heterocycles. The van der Waals surface area contributed by atoms with Crippen LogP contribution < -0.4 is 4.90 Å². The Morgan fingerprint density at radius 2 is 1.38 bits per heavy atom. The van der Waals surface area contributed by atoms with Crippen LogP contribution >= 0.6 is 0 Å². The maximum atomic E-state index is 14.0. The third-order valence-electron chi connectivity index (χ3n) is 7.18. The van der Waals surface area contributed by atoms with Gasteiger partial charge in [-0.3, -0.25) is 14.5 Å². The monoisotopic (exact) mass is 443 g/mol. The van der Waals surface area contributed by atoms with Crippen molar-refractivity contribution in [3.05, 3.63) is 30.3 Å². The van der Waals surface area contributed by atoms with Crippen LogP contribution in [0.5, 0.6) is 0 Å². The zero-order chi connectivity index (χ0) is 24.5. The number of para-hydroxylation sites is 1. The molecule has 4 heteroatoms. The number of hydrogen-bond acceptors (Lipinski definition) is 3. The zero-order valence-corrected chi connectivity index (χ0v) is 22.0. The van der Waals surface area contributed by atoms with Crippen molar-refractivity contribution in [3.63, 3.8) is 0 Å². The third-order valence-corrected chi connectivity index (χ3v) is 7.18. The van der Waals surface area contributed by atoms with E-state index in [1.54, 1.807) is 0 Å². The van der Waals surface area contributed by atoms with Crippen LogP contribution in [-0.2, 0) is 14.3 Å². The number of nitrogens with zero attached hydrogens (tertiary/aromatic N) is 1. The van der Waals surface area contributed by atoms with Gasteiger partial charge in [-0.1, -0.05) is 86.9 Å². The second kappa shape index (κ2) is 9.29. The number of unbranched alkanes of at least 4 members (excludes halogenated alkanes) is 1. The van der Waals surface area contributed by atoms with E-state index in [0.29, 0.717) is 12.3 Å². The molecule has 0 N–H and O–H groups in total. The van der Waals surface area contributed by atoms with Gasteiger partial charge in [0.15, 0.2) is 0 Å². The molecule has 1 fully saturated rings. The number of amides is 2. The molecule has 0 aliphatic carbocycles. The van der Waals surface area contributed by atoms with Crippen LogP contribution in [0.15, 0.2) is 30.3 Å². The van der Waals surface area contributed by atoms with Gasteiger partial charge in [0, 0.05) is 12.0 Å². The summed E-state index contributed by atoms with van der Waals surface area (Å²) in [6.45, 7) is 22.1. The van der Waals surface area contributed by atoms with Crippen molar-refractivity contribution in [1.29, 1.82) is 0 Å². The van der Waals surface area contributed by atoms with E-state index in [0.717, 1.165) is 19.3 Å². The lowest BCUT2D eigenvalue weighted by molar-refractivity contribution is -0.169. The van der Waals surface area contributed by atoms with Gasteiger partial charge >= 0.3 is 0 Å². The lowest BCUT2D eigenvalue weighted by Gasteiger charge is -2.51. The van der Waals surface area contributed by atoms with E-state index in [1.807, 2.05) is 30.3 Å². The maximum Gasteiger partial charge on any atom is 0.238 e. The second-order valence-corrected chi connectivity index (χ2v) is 12.6. The number of ether oxygens (including phenoxy) is 1. The second-order valence-electron chi connectivity index (χ2n) is 12.6. The first kappa shape index (κ1) is 26.6. The lowest BCUT2D eigenvalue weighted by atomic mass is 9.56. The molecule has 180 valence electrons. The topological polar surface area (TPSA) is 46.6 Å². The van der Waals surface area contributed by atoms with E-state index >= 15 is 0 Å². The molecule has 1 aliphatic rings. The molecule has 1 aromatic carbocycles. The summed E-state index contributed by atoms with van der Waals surface area (Å²) in [5, 5.41) is 0. The molecule has 0 spiro atoms. The molecule has 1 heterocycles. The molecule has 4 nitrogen and oxygen atoms in total. The Labute approximate surface area is 196 Å². The standard InChI is InChI=1S/C28H45NO3/c1-11-12-18-32-28(10,19-25(2,3)4)27(8,9)22-21(26(5,6)7)23(30)29(24(22)31)20-16-14-13-15-17-20/h13-17,21-22H,11-12,18-19H2,1-10H3. The summed E-state index contributed by atoms with van der Waals surface area (Å²) in [6.07, 6.45) is 2.84. The minimum absolute atomic E-state index is 0.0141. The molecule has 3 atom stereocenters. The Morgan fingerprint density at radius 3 is 1.84 bits per heavy atom. The smallest absolute Gasteiger partial charge is 0.238 e. The first-order valence-corrected chi connectivity index (χ1v) is 12.1. The van der Waals surface area contributed by atoms with Crippen LogP contribution in [0, 0.1) is 28.1 Å². The first-order chi connectivity index (χ1) is 14.6. The van der Waals surface area contributed by atoms with Gasteiger partial charge in [-0.25, -0.2) is 0 Å². The van der Waals surface area contributed by atoms with Crippen molar-refractivity contribution in [2.75, 3.05) is 11.5 Å². The molecule has 1 aliphatic heterocycles. The molecule has 3 unspecified atom stereocenters. The lowest BCUT2D eigenvalue weighted by Crippen LogP contribution is -2.55. The summed E-state index contributed by atoms with van der Waals surface area (Å²) in [5.74, 6) is -1.09. The minimum Gasteiger partial charge on any atom is -0.375 e. The van der Waals surface area contributed by atoms with E-state index in [9.17, 15) is 9.59 Å². The van der Waals surface area contributed by atoms with Gasteiger partial charge in [-0.15, -0.1) is 0 Å². The van der Waals surface area contributed by atoms with E-state index in [1.165, 1.54) is 4.90 Å². The number of hydrogen-bond donors (Lipinski definition) is 0. The molecule has 0 radical (unpaired) electrons. The predicted octanol–water partition coefficient (Wildman–Crippen LogP) is 6.88. The molecule has 2 rings (SSSR count). The average Bonchev–Trinajstić information content (AvgIpc) is 2.92. The van der Waals surface area contributed by atoms with Gasteiger partial charge in [0.25, 0.3) is 0 Å². The summed E-state index contributed by atoms with van der Waals surface area (Å²) in [6, 6.07) is 9.34. The fourth-order valence-corrected chi connectivity index (χ4v) is 5.35. The highest BCUT2D eigenvalue weighted by Crippen LogP contribution is 2.55. The molecule has 32 heavy (non-hydrogen) atoms. The van der Waals surface area contributed by atoms with Crippen LogP contribution in [-0.4, -0.2) is 24.0 Å². The summed E-state index contributed by atoms with van der Waals surface area (Å²) in [4.78, 5) is 29.2. The van der Waals surface area contributed by atoms with Crippen LogP contribution in [0.1, 0.15) is 88.5 Å². The Bertz CT molecular complexity index is 800. The highest BCUT2D eigenvalue weighted by molar-refractivity contribution is 6.22. The fourth-order valence-electron chi connectivity index (χ4n) is 5.35. The Hall–Kier alpha value is -1.68. The van der Waals surface area contributed by atoms with Crippen molar-refractivity contribution < 1.29 is 14.3 Å². The maximum absolute atomic E-state index is 14.0. The van der Waals surface area contributed by atoms with Gasteiger partial charge in [-0.05, 0) is 42.7 Å². The summed E-state index contributed by atoms with van der Waals surface area (Å²) >= 11 is 0. The van der Waals surface area contributed by atoms with Gasteiger partial charge in [-0.2, -0.15) is 0 Å². The van der Waals surface area contributed by atoms with E-state index in [2.05, 4.69) is 69.2 Å². The number of rotatable bonds is 8. The molecule has 0 saturated carbocycles. The third kappa shape index (κ3) is 5.27. The van der Waals surface area contributed by atoms with Crippen molar-refractivity contribution in [2.45, 2.75) is 94.1 Å². The van der Waals surface area contributed by atoms with E-state index < -0.39 is 22.9 Å². The molecule has 1 saturated heterocycles. The fraction of sp³-hybridized carbons (Fsp3) is 0.714. The summed E-state index contributed by atoms with van der Waals surface area (Å²) < 4.78 is 6.63.